The van der Waals surface area contributed by atoms with Crippen LogP contribution in [0, 0.1) is 0 Å². The number of carbonyl (C=O) groups is 1. The number of nitrogen functional groups attached to an aromatic ring is 1. The minimum Gasteiger partial charge on any atom is -0.399 e. The SMILES string of the molecule is CSCCCCNC(=O)c1cc2cc(N)ccc2s1. The summed E-state index contributed by atoms with van der Waals surface area (Å²) in [6.07, 6.45) is 4.27. The standard InChI is InChI=1S/C14H18N2OS2/c1-18-7-3-2-6-16-14(17)13-9-10-8-11(15)4-5-12(10)19-13/h4-5,8-9H,2-3,6-7,15H2,1H3,(H,16,17). The van der Waals surface area contributed by atoms with Crippen LogP contribution in [0.15, 0.2) is 24.3 Å². The number of hydrogen-bond donors (Lipinski definition) is 2. The summed E-state index contributed by atoms with van der Waals surface area (Å²) in [5.74, 6) is 1.17. The molecule has 2 aromatic rings. The highest BCUT2D eigenvalue weighted by atomic mass is 32.2. The molecule has 0 spiro atoms. The number of rotatable bonds is 6. The zero-order valence-corrected chi connectivity index (χ0v) is 12.6. The molecule has 1 aromatic carbocycles. The van der Waals surface area contributed by atoms with E-state index in [0.29, 0.717) is 0 Å². The first-order chi connectivity index (χ1) is 9.20. The smallest absolute Gasteiger partial charge is 0.261 e. The van der Waals surface area contributed by atoms with Crippen LogP contribution >= 0.6 is 23.1 Å². The molecule has 0 aliphatic heterocycles. The predicted molar refractivity (Wildman–Crippen MR) is 86.2 cm³/mol. The van der Waals surface area contributed by atoms with Crippen molar-refractivity contribution in [1.82, 2.24) is 5.32 Å². The Morgan fingerprint density at radius 3 is 3.00 bits per heavy atom. The molecule has 0 atom stereocenters. The molecular weight excluding hydrogens is 276 g/mol. The zero-order valence-electron chi connectivity index (χ0n) is 10.9. The molecule has 0 aliphatic carbocycles. The molecule has 19 heavy (non-hydrogen) atoms. The minimum atomic E-state index is 0.0175. The molecule has 1 amide bonds. The Morgan fingerprint density at radius 1 is 1.37 bits per heavy atom. The molecule has 2 rings (SSSR count). The number of nitrogens with one attached hydrogen (secondary N) is 1. The van der Waals surface area contributed by atoms with Gasteiger partial charge < -0.3 is 11.1 Å². The largest absolute Gasteiger partial charge is 0.399 e. The summed E-state index contributed by atoms with van der Waals surface area (Å²) in [5, 5.41) is 4.00. The van der Waals surface area contributed by atoms with Gasteiger partial charge in [-0.15, -0.1) is 11.3 Å². The number of fused-ring (bicyclic) bond motifs is 1. The van der Waals surface area contributed by atoms with E-state index >= 15 is 0 Å². The van der Waals surface area contributed by atoms with E-state index in [9.17, 15) is 4.79 Å². The van der Waals surface area contributed by atoms with Crippen molar-refractivity contribution < 1.29 is 4.79 Å². The molecule has 3 N–H and O–H groups in total. The van der Waals surface area contributed by atoms with Gasteiger partial charge in [-0.25, -0.2) is 0 Å². The molecule has 3 nitrogen and oxygen atoms in total. The molecule has 1 aromatic heterocycles. The maximum atomic E-state index is 12.0. The van der Waals surface area contributed by atoms with Gasteiger partial charge in [0.2, 0.25) is 0 Å². The fourth-order valence-corrected chi connectivity index (χ4v) is 3.29. The molecular formula is C14H18N2OS2. The van der Waals surface area contributed by atoms with Crippen molar-refractivity contribution in [3.8, 4) is 0 Å². The van der Waals surface area contributed by atoms with Crippen molar-refractivity contribution in [2.75, 3.05) is 24.3 Å². The molecule has 0 saturated heterocycles. The summed E-state index contributed by atoms with van der Waals surface area (Å²) in [6.45, 7) is 0.746. The fraction of sp³-hybridized carbons (Fsp3) is 0.357. The maximum absolute atomic E-state index is 12.0. The highest BCUT2D eigenvalue weighted by Crippen LogP contribution is 2.27. The Balaban J connectivity index is 1.94. The number of hydrogen-bond acceptors (Lipinski definition) is 4. The Morgan fingerprint density at radius 2 is 2.21 bits per heavy atom. The van der Waals surface area contributed by atoms with Crippen LogP contribution in [0.1, 0.15) is 22.5 Å². The quantitative estimate of drug-likeness (QED) is 0.634. The number of benzene rings is 1. The van der Waals surface area contributed by atoms with Crippen molar-refractivity contribution in [1.29, 1.82) is 0 Å². The monoisotopic (exact) mass is 294 g/mol. The summed E-state index contributed by atoms with van der Waals surface area (Å²) >= 11 is 3.35. The van der Waals surface area contributed by atoms with E-state index in [0.717, 1.165) is 45.8 Å². The average molecular weight is 294 g/mol. The van der Waals surface area contributed by atoms with Crippen LogP contribution in [0.2, 0.25) is 0 Å². The van der Waals surface area contributed by atoms with Crippen LogP contribution in [0.3, 0.4) is 0 Å². The highest BCUT2D eigenvalue weighted by Gasteiger charge is 2.09. The molecule has 0 saturated carbocycles. The van der Waals surface area contributed by atoms with Gasteiger partial charge in [0, 0.05) is 16.9 Å². The van der Waals surface area contributed by atoms with Gasteiger partial charge in [0.05, 0.1) is 4.88 Å². The van der Waals surface area contributed by atoms with Gasteiger partial charge in [-0.05, 0) is 54.5 Å². The van der Waals surface area contributed by atoms with E-state index in [4.69, 9.17) is 5.73 Å². The minimum absolute atomic E-state index is 0.0175. The number of thioether (sulfide) groups is 1. The van der Waals surface area contributed by atoms with E-state index in [-0.39, 0.29) is 5.91 Å². The van der Waals surface area contributed by atoms with Crippen molar-refractivity contribution >= 4 is 44.8 Å². The van der Waals surface area contributed by atoms with Gasteiger partial charge in [0.25, 0.3) is 5.91 Å². The molecule has 0 fully saturated rings. The molecule has 5 heteroatoms. The summed E-state index contributed by atoms with van der Waals surface area (Å²) in [6, 6.07) is 7.64. The van der Waals surface area contributed by atoms with Crippen molar-refractivity contribution in [2.24, 2.45) is 0 Å². The summed E-state index contributed by atoms with van der Waals surface area (Å²) < 4.78 is 1.10. The molecule has 0 aliphatic rings. The summed E-state index contributed by atoms with van der Waals surface area (Å²) in [4.78, 5) is 12.7. The van der Waals surface area contributed by atoms with E-state index in [2.05, 4.69) is 11.6 Å². The van der Waals surface area contributed by atoms with Gasteiger partial charge in [0.1, 0.15) is 0 Å². The second-order valence-corrected chi connectivity index (χ2v) is 6.43. The molecule has 1 heterocycles. The number of unbranched alkanes of at least 4 members (excludes halogenated alkanes) is 1. The fourth-order valence-electron chi connectivity index (χ4n) is 1.83. The van der Waals surface area contributed by atoms with Crippen LogP contribution < -0.4 is 11.1 Å². The van der Waals surface area contributed by atoms with Gasteiger partial charge in [-0.1, -0.05) is 0 Å². The number of thiophene rings is 1. The van der Waals surface area contributed by atoms with E-state index in [1.165, 1.54) is 11.3 Å². The first-order valence-corrected chi connectivity index (χ1v) is 8.48. The number of carbonyl (C=O) groups excluding carboxylic acids is 1. The third kappa shape index (κ3) is 3.88. The van der Waals surface area contributed by atoms with Gasteiger partial charge >= 0.3 is 0 Å². The Labute approximate surface area is 121 Å². The maximum Gasteiger partial charge on any atom is 0.261 e. The third-order valence-corrected chi connectivity index (χ3v) is 4.64. The van der Waals surface area contributed by atoms with E-state index in [1.807, 2.05) is 36.0 Å². The van der Waals surface area contributed by atoms with E-state index < -0.39 is 0 Å². The Bertz CT molecular complexity index is 566. The lowest BCUT2D eigenvalue weighted by molar-refractivity contribution is 0.0957. The summed E-state index contributed by atoms with van der Waals surface area (Å²) in [7, 11) is 0. The van der Waals surface area contributed by atoms with Crippen LogP contribution in [0.25, 0.3) is 10.1 Å². The zero-order chi connectivity index (χ0) is 13.7. The molecule has 0 radical (unpaired) electrons. The van der Waals surface area contributed by atoms with Gasteiger partial charge in [-0.2, -0.15) is 11.8 Å². The van der Waals surface area contributed by atoms with Gasteiger partial charge in [0.15, 0.2) is 0 Å². The summed E-state index contributed by atoms with van der Waals surface area (Å²) in [5.41, 5.74) is 6.47. The van der Waals surface area contributed by atoms with E-state index in [1.54, 1.807) is 0 Å². The first kappa shape index (κ1) is 14.2. The molecule has 0 unspecified atom stereocenters. The second kappa shape index (κ2) is 6.82. The number of anilines is 1. The highest BCUT2D eigenvalue weighted by molar-refractivity contribution is 7.98. The Hall–Kier alpha value is -1.20. The topological polar surface area (TPSA) is 55.1 Å². The number of amides is 1. The Kier molecular flexibility index (Phi) is 5.10. The normalized spacial score (nSPS) is 10.8. The molecule has 0 bridgehead atoms. The lowest BCUT2D eigenvalue weighted by atomic mass is 10.2. The van der Waals surface area contributed by atoms with Crippen LogP contribution in [-0.2, 0) is 0 Å². The van der Waals surface area contributed by atoms with Gasteiger partial charge in [-0.3, -0.25) is 4.79 Å². The van der Waals surface area contributed by atoms with Crippen molar-refractivity contribution in [3.05, 3.63) is 29.1 Å². The predicted octanol–water partition coefficient (Wildman–Crippen LogP) is 3.36. The third-order valence-electron chi connectivity index (χ3n) is 2.82. The van der Waals surface area contributed by atoms with Crippen LogP contribution in [0.5, 0.6) is 0 Å². The average Bonchev–Trinajstić information content (AvgIpc) is 2.81. The number of nitrogens with two attached hydrogens (primary N) is 1. The lowest BCUT2D eigenvalue weighted by Gasteiger charge is -2.02. The lowest BCUT2D eigenvalue weighted by Crippen LogP contribution is -2.23. The van der Waals surface area contributed by atoms with Crippen molar-refractivity contribution in [3.63, 3.8) is 0 Å². The molecule has 102 valence electrons. The first-order valence-electron chi connectivity index (χ1n) is 6.27. The van der Waals surface area contributed by atoms with Crippen LogP contribution in [0.4, 0.5) is 5.69 Å². The second-order valence-electron chi connectivity index (χ2n) is 4.36. The van der Waals surface area contributed by atoms with Crippen molar-refractivity contribution in [2.45, 2.75) is 12.8 Å². The van der Waals surface area contributed by atoms with Crippen LogP contribution in [-0.4, -0.2) is 24.5 Å².